The van der Waals surface area contributed by atoms with E-state index in [0.29, 0.717) is 6.42 Å². The molecule has 0 aliphatic heterocycles. The predicted molar refractivity (Wildman–Crippen MR) is 34.1 cm³/mol. The number of aliphatic carboxylic acids is 1. The van der Waals surface area contributed by atoms with Gasteiger partial charge in [-0.1, -0.05) is 6.92 Å². The third-order valence-corrected chi connectivity index (χ3v) is 1.48. The van der Waals surface area contributed by atoms with Crippen LogP contribution >= 0.6 is 0 Å². The van der Waals surface area contributed by atoms with Gasteiger partial charge in [0, 0.05) is 11.9 Å². The second-order valence-corrected chi connectivity index (χ2v) is 2.42. The van der Waals surface area contributed by atoms with Gasteiger partial charge in [-0.05, 0) is 19.8 Å². The van der Waals surface area contributed by atoms with Crippen LogP contribution in [0.2, 0.25) is 0 Å². The van der Waals surface area contributed by atoms with E-state index in [9.17, 15) is 14.7 Å². The molecular formula is C7H11NaO3. The van der Waals surface area contributed by atoms with Gasteiger partial charge in [0.05, 0.1) is 0 Å². The Kier molecular flexibility index (Phi) is 8.51. The minimum Gasteiger partial charge on any atom is -0.550 e. The quantitative estimate of drug-likeness (QED) is 0.412. The second-order valence-electron chi connectivity index (χ2n) is 2.42. The summed E-state index contributed by atoms with van der Waals surface area (Å²) in [6.07, 6.45) is 0.360. The van der Waals surface area contributed by atoms with E-state index in [2.05, 4.69) is 0 Å². The number of carboxylic acid groups (broad SMARTS) is 1. The number of hydrogen-bond donors (Lipinski definition) is 0. The third-order valence-electron chi connectivity index (χ3n) is 1.48. The van der Waals surface area contributed by atoms with Crippen molar-refractivity contribution in [1.82, 2.24) is 0 Å². The Labute approximate surface area is 88.5 Å². The van der Waals surface area contributed by atoms with Crippen LogP contribution in [0.15, 0.2) is 0 Å². The van der Waals surface area contributed by atoms with Gasteiger partial charge in [-0.25, -0.2) is 0 Å². The zero-order valence-electron chi connectivity index (χ0n) is 7.22. The molecule has 0 aromatic heterocycles. The first kappa shape index (κ1) is 13.7. The molecule has 0 radical (unpaired) electrons. The van der Waals surface area contributed by atoms with Gasteiger partial charge in [0.1, 0.15) is 5.78 Å². The summed E-state index contributed by atoms with van der Waals surface area (Å²) < 4.78 is 0. The van der Waals surface area contributed by atoms with Crippen LogP contribution in [-0.4, -0.2) is 11.8 Å². The van der Waals surface area contributed by atoms with E-state index in [1.54, 1.807) is 6.92 Å². The van der Waals surface area contributed by atoms with Crippen molar-refractivity contribution < 1.29 is 44.3 Å². The summed E-state index contributed by atoms with van der Waals surface area (Å²) in [5.41, 5.74) is 0. The number of Topliss-reactive ketones (excluding diaryl/α,β-unsaturated/α-hetero) is 1. The number of hydrogen-bond acceptors (Lipinski definition) is 3. The molecule has 0 heterocycles. The topological polar surface area (TPSA) is 57.2 Å². The molecule has 11 heavy (non-hydrogen) atoms. The van der Waals surface area contributed by atoms with Crippen molar-refractivity contribution in [1.29, 1.82) is 0 Å². The molecule has 0 aliphatic rings. The van der Waals surface area contributed by atoms with Crippen molar-refractivity contribution in [2.45, 2.75) is 26.7 Å². The molecule has 58 valence electrons. The molecule has 0 aliphatic carbocycles. The van der Waals surface area contributed by atoms with Crippen LogP contribution in [0.5, 0.6) is 0 Å². The summed E-state index contributed by atoms with van der Waals surface area (Å²) in [6.45, 7) is 3.17. The molecule has 0 spiro atoms. The standard InChI is InChI=1S/C7H12O3.Na/c1-5(6(2)8)3-4-7(9)10;/h5H,3-4H2,1-2H3,(H,9,10);/q;+1/p-1. The van der Waals surface area contributed by atoms with E-state index in [1.807, 2.05) is 0 Å². The summed E-state index contributed by atoms with van der Waals surface area (Å²) >= 11 is 0. The molecule has 0 saturated heterocycles. The fourth-order valence-electron chi connectivity index (χ4n) is 0.538. The van der Waals surface area contributed by atoms with Gasteiger partial charge in [-0.15, -0.1) is 0 Å². The van der Waals surface area contributed by atoms with Gasteiger partial charge in [-0.2, -0.15) is 0 Å². The minimum atomic E-state index is -1.09. The summed E-state index contributed by atoms with van der Waals surface area (Å²) in [7, 11) is 0. The molecule has 0 rings (SSSR count). The van der Waals surface area contributed by atoms with Crippen molar-refractivity contribution in [3.05, 3.63) is 0 Å². The van der Waals surface area contributed by atoms with Gasteiger partial charge in [-0.3, -0.25) is 4.79 Å². The fourth-order valence-corrected chi connectivity index (χ4v) is 0.538. The van der Waals surface area contributed by atoms with E-state index in [1.165, 1.54) is 6.92 Å². The normalized spacial score (nSPS) is 11.5. The average Bonchev–Trinajstić information content (AvgIpc) is 1.82. The van der Waals surface area contributed by atoms with Crippen LogP contribution < -0.4 is 34.7 Å². The van der Waals surface area contributed by atoms with Gasteiger partial charge < -0.3 is 9.90 Å². The molecular weight excluding hydrogens is 155 g/mol. The van der Waals surface area contributed by atoms with Gasteiger partial charge in [0.15, 0.2) is 0 Å². The maximum Gasteiger partial charge on any atom is 1.00 e. The second kappa shape index (κ2) is 6.83. The molecule has 1 unspecified atom stereocenters. The molecule has 0 bridgehead atoms. The fraction of sp³-hybridized carbons (Fsp3) is 0.714. The predicted octanol–water partition coefficient (Wildman–Crippen LogP) is -3.25. The first-order valence-corrected chi connectivity index (χ1v) is 3.24. The summed E-state index contributed by atoms with van der Waals surface area (Å²) in [6, 6.07) is 0. The number of ketones is 1. The van der Waals surface area contributed by atoms with Crippen LogP contribution in [0.1, 0.15) is 26.7 Å². The molecule has 0 amide bonds. The summed E-state index contributed by atoms with van der Waals surface area (Å²) in [4.78, 5) is 20.4. The smallest absolute Gasteiger partial charge is 0.550 e. The van der Waals surface area contributed by atoms with Crippen LogP contribution in [0, 0.1) is 5.92 Å². The Balaban J connectivity index is 0. The molecule has 4 heteroatoms. The summed E-state index contributed by atoms with van der Waals surface area (Å²) in [5, 5.41) is 9.90. The molecule has 0 N–H and O–H groups in total. The minimum absolute atomic E-state index is 0. The van der Waals surface area contributed by atoms with Crippen molar-refractivity contribution in [2.24, 2.45) is 5.92 Å². The van der Waals surface area contributed by atoms with Gasteiger partial charge >= 0.3 is 29.6 Å². The molecule has 0 aromatic rings. The molecule has 0 aromatic carbocycles. The Morgan fingerprint density at radius 1 is 1.45 bits per heavy atom. The largest absolute Gasteiger partial charge is 1.00 e. The molecule has 3 nitrogen and oxygen atoms in total. The van der Waals surface area contributed by atoms with E-state index >= 15 is 0 Å². The van der Waals surface area contributed by atoms with E-state index in [-0.39, 0.29) is 47.7 Å². The SMILES string of the molecule is CC(=O)C(C)CCC(=O)[O-].[Na+]. The average molecular weight is 166 g/mol. The third kappa shape index (κ3) is 8.04. The Hall–Kier alpha value is 0.140. The maximum absolute atomic E-state index is 10.5. The Morgan fingerprint density at radius 3 is 2.18 bits per heavy atom. The maximum atomic E-state index is 10.5. The van der Waals surface area contributed by atoms with Crippen LogP contribution in [0.25, 0.3) is 0 Å². The molecule has 1 atom stereocenters. The van der Waals surface area contributed by atoms with Crippen LogP contribution in [0.3, 0.4) is 0 Å². The first-order valence-electron chi connectivity index (χ1n) is 3.24. The number of carbonyl (C=O) groups excluding carboxylic acids is 2. The number of carbonyl (C=O) groups is 2. The molecule has 0 saturated carbocycles. The Morgan fingerprint density at radius 2 is 1.91 bits per heavy atom. The Bertz CT molecular complexity index is 145. The van der Waals surface area contributed by atoms with E-state index in [0.717, 1.165) is 0 Å². The van der Waals surface area contributed by atoms with Crippen molar-refractivity contribution in [3.8, 4) is 0 Å². The molecule has 0 fully saturated rings. The number of carboxylic acids is 1. The van der Waals surface area contributed by atoms with Gasteiger partial charge in [0.25, 0.3) is 0 Å². The number of rotatable bonds is 4. The monoisotopic (exact) mass is 166 g/mol. The van der Waals surface area contributed by atoms with Crippen molar-refractivity contribution in [3.63, 3.8) is 0 Å². The van der Waals surface area contributed by atoms with Gasteiger partial charge in [0.2, 0.25) is 0 Å². The zero-order chi connectivity index (χ0) is 8.15. The van der Waals surface area contributed by atoms with Crippen LogP contribution in [-0.2, 0) is 9.59 Å². The van der Waals surface area contributed by atoms with Crippen molar-refractivity contribution >= 4 is 11.8 Å². The first-order chi connectivity index (χ1) is 4.54. The van der Waals surface area contributed by atoms with Crippen molar-refractivity contribution in [2.75, 3.05) is 0 Å². The van der Waals surface area contributed by atoms with E-state index in [4.69, 9.17) is 0 Å². The summed E-state index contributed by atoms with van der Waals surface area (Å²) in [5.74, 6) is -1.22. The van der Waals surface area contributed by atoms with E-state index < -0.39 is 5.97 Å². The van der Waals surface area contributed by atoms with Crippen LogP contribution in [0.4, 0.5) is 0 Å². The zero-order valence-corrected chi connectivity index (χ0v) is 9.22.